The van der Waals surface area contributed by atoms with E-state index in [0.717, 1.165) is 27.2 Å². The molecule has 0 fully saturated rings. The maximum Gasteiger partial charge on any atom is 0.267 e. The van der Waals surface area contributed by atoms with Crippen LogP contribution in [0.4, 0.5) is 11.4 Å². The van der Waals surface area contributed by atoms with Gasteiger partial charge in [0.1, 0.15) is 9.71 Å². The predicted molar refractivity (Wildman–Crippen MR) is 86.9 cm³/mol. The monoisotopic (exact) mass is 300 g/mol. The molecule has 2 heterocycles. The fourth-order valence-corrected chi connectivity index (χ4v) is 3.47. The fraction of sp³-hybridized carbons (Fsp3) is 0.200. The Morgan fingerprint density at radius 2 is 2.05 bits per heavy atom. The average Bonchev–Trinajstić information content (AvgIpc) is 2.92. The number of thiophene rings is 1. The Kier molecular flexibility index (Phi) is 3.17. The lowest BCUT2D eigenvalue weighted by Gasteiger charge is -2.07. The van der Waals surface area contributed by atoms with Crippen LogP contribution in [0.25, 0.3) is 10.2 Å². The molecule has 0 aliphatic heterocycles. The van der Waals surface area contributed by atoms with E-state index in [9.17, 15) is 4.79 Å². The first-order chi connectivity index (χ1) is 9.99. The molecule has 5 nitrogen and oxygen atoms in total. The van der Waals surface area contributed by atoms with Crippen molar-refractivity contribution in [1.82, 2.24) is 9.78 Å². The zero-order chi connectivity index (χ0) is 15.1. The standard InChI is InChI=1S/C15H16N4OS/c1-8-6-4-5-7-10(8)17-14(20)13-12(16)11-9(2)18-19(3)15(11)21-13/h4-7H,16H2,1-3H3,(H,17,20). The van der Waals surface area contributed by atoms with E-state index in [4.69, 9.17) is 5.73 Å². The van der Waals surface area contributed by atoms with E-state index in [2.05, 4.69) is 10.4 Å². The van der Waals surface area contributed by atoms with Gasteiger partial charge in [0.2, 0.25) is 0 Å². The zero-order valence-corrected chi connectivity index (χ0v) is 12.9. The summed E-state index contributed by atoms with van der Waals surface area (Å²) < 4.78 is 1.76. The summed E-state index contributed by atoms with van der Waals surface area (Å²) in [5.41, 5.74) is 9.31. The summed E-state index contributed by atoms with van der Waals surface area (Å²) in [5.74, 6) is -0.178. The van der Waals surface area contributed by atoms with E-state index in [1.54, 1.807) is 4.68 Å². The Hall–Kier alpha value is -2.34. The predicted octanol–water partition coefficient (Wildman–Crippen LogP) is 3.09. The highest BCUT2D eigenvalue weighted by atomic mass is 32.1. The molecule has 0 saturated carbocycles. The summed E-state index contributed by atoms with van der Waals surface area (Å²) in [6, 6.07) is 7.67. The summed E-state index contributed by atoms with van der Waals surface area (Å²) >= 11 is 1.37. The summed E-state index contributed by atoms with van der Waals surface area (Å²) in [7, 11) is 1.86. The molecule has 0 aliphatic carbocycles. The lowest BCUT2D eigenvalue weighted by atomic mass is 10.2. The Bertz CT molecular complexity index is 847. The van der Waals surface area contributed by atoms with Gasteiger partial charge in [0.25, 0.3) is 5.91 Å². The van der Waals surface area contributed by atoms with Crippen LogP contribution in [-0.2, 0) is 7.05 Å². The minimum atomic E-state index is -0.178. The number of anilines is 2. The van der Waals surface area contributed by atoms with Crippen LogP contribution in [0.5, 0.6) is 0 Å². The van der Waals surface area contributed by atoms with Gasteiger partial charge in [-0.2, -0.15) is 5.10 Å². The van der Waals surface area contributed by atoms with E-state index >= 15 is 0 Å². The number of amides is 1. The van der Waals surface area contributed by atoms with Gasteiger partial charge in [-0.1, -0.05) is 18.2 Å². The van der Waals surface area contributed by atoms with E-state index in [-0.39, 0.29) is 5.91 Å². The maximum absolute atomic E-state index is 12.5. The van der Waals surface area contributed by atoms with Crippen molar-refractivity contribution >= 4 is 38.8 Å². The van der Waals surface area contributed by atoms with Crippen molar-refractivity contribution in [2.45, 2.75) is 13.8 Å². The number of carbonyl (C=O) groups is 1. The van der Waals surface area contributed by atoms with E-state index in [0.29, 0.717) is 10.6 Å². The average molecular weight is 300 g/mol. The van der Waals surface area contributed by atoms with Crippen molar-refractivity contribution in [3.05, 3.63) is 40.4 Å². The van der Waals surface area contributed by atoms with Gasteiger partial charge >= 0.3 is 0 Å². The van der Waals surface area contributed by atoms with Gasteiger partial charge in [-0.25, -0.2) is 0 Å². The van der Waals surface area contributed by atoms with E-state index in [1.807, 2.05) is 45.2 Å². The number of nitrogen functional groups attached to an aromatic ring is 1. The molecule has 0 spiro atoms. The number of benzene rings is 1. The number of hydrogen-bond donors (Lipinski definition) is 2. The van der Waals surface area contributed by atoms with Crippen LogP contribution in [0, 0.1) is 13.8 Å². The second kappa shape index (κ2) is 4.89. The molecule has 3 aromatic rings. The highest BCUT2D eigenvalue weighted by Crippen LogP contribution is 2.35. The molecule has 0 atom stereocenters. The topological polar surface area (TPSA) is 72.9 Å². The number of nitrogens with two attached hydrogens (primary N) is 1. The van der Waals surface area contributed by atoms with Gasteiger partial charge in [-0.05, 0) is 25.5 Å². The van der Waals surface area contributed by atoms with Gasteiger partial charge < -0.3 is 11.1 Å². The number of aryl methyl sites for hydroxylation is 3. The molecular weight excluding hydrogens is 284 g/mol. The van der Waals surface area contributed by atoms with Gasteiger partial charge in [0, 0.05) is 12.7 Å². The lowest BCUT2D eigenvalue weighted by Crippen LogP contribution is -2.12. The van der Waals surface area contributed by atoms with Crippen LogP contribution >= 0.6 is 11.3 Å². The van der Waals surface area contributed by atoms with Crippen molar-refractivity contribution in [3.63, 3.8) is 0 Å². The Balaban J connectivity index is 2.01. The van der Waals surface area contributed by atoms with E-state index in [1.165, 1.54) is 11.3 Å². The number of para-hydroxylation sites is 1. The third-order valence-electron chi connectivity index (χ3n) is 3.48. The number of nitrogens with zero attached hydrogens (tertiary/aromatic N) is 2. The lowest BCUT2D eigenvalue weighted by molar-refractivity contribution is 0.103. The van der Waals surface area contributed by atoms with Crippen LogP contribution < -0.4 is 11.1 Å². The molecule has 0 aliphatic rings. The minimum Gasteiger partial charge on any atom is -0.397 e. The van der Waals surface area contributed by atoms with Crippen molar-refractivity contribution in [2.24, 2.45) is 7.05 Å². The second-order valence-electron chi connectivity index (χ2n) is 5.00. The second-order valence-corrected chi connectivity index (χ2v) is 6.00. The third-order valence-corrected chi connectivity index (χ3v) is 4.75. The molecule has 0 unspecified atom stereocenters. The maximum atomic E-state index is 12.5. The number of fused-ring (bicyclic) bond motifs is 1. The molecule has 1 aromatic carbocycles. The SMILES string of the molecule is Cc1ccccc1NC(=O)c1sc2c(c(C)nn2C)c1N. The first-order valence-electron chi connectivity index (χ1n) is 6.57. The first kappa shape index (κ1) is 13.6. The number of rotatable bonds is 2. The Morgan fingerprint density at radius 3 is 2.71 bits per heavy atom. The van der Waals surface area contributed by atoms with Gasteiger partial charge in [-0.15, -0.1) is 11.3 Å². The normalized spacial score (nSPS) is 11.0. The number of nitrogens with one attached hydrogen (secondary N) is 1. The van der Waals surface area contributed by atoms with Crippen LogP contribution in [0.1, 0.15) is 20.9 Å². The summed E-state index contributed by atoms with van der Waals surface area (Å²) in [4.78, 5) is 13.9. The fourth-order valence-electron chi connectivity index (χ4n) is 2.39. The van der Waals surface area contributed by atoms with Gasteiger partial charge in [-0.3, -0.25) is 9.48 Å². The molecule has 6 heteroatoms. The molecule has 2 aromatic heterocycles. The van der Waals surface area contributed by atoms with Gasteiger partial charge in [0.15, 0.2) is 0 Å². The zero-order valence-electron chi connectivity index (χ0n) is 12.1. The number of hydrogen-bond acceptors (Lipinski definition) is 4. The molecule has 21 heavy (non-hydrogen) atoms. The summed E-state index contributed by atoms with van der Waals surface area (Å²) in [6.07, 6.45) is 0. The molecule has 0 bridgehead atoms. The van der Waals surface area contributed by atoms with Crippen LogP contribution in [0.3, 0.4) is 0 Å². The van der Waals surface area contributed by atoms with Crippen LogP contribution in [0.15, 0.2) is 24.3 Å². The molecule has 108 valence electrons. The largest absolute Gasteiger partial charge is 0.397 e. The van der Waals surface area contributed by atoms with Gasteiger partial charge in [0.05, 0.1) is 16.8 Å². The quantitative estimate of drug-likeness (QED) is 0.764. The summed E-state index contributed by atoms with van der Waals surface area (Å²) in [5, 5.41) is 8.12. The molecule has 3 rings (SSSR count). The molecule has 0 radical (unpaired) electrons. The molecule has 0 saturated heterocycles. The molecular formula is C15H16N4OS. The molecule has 3 N–H and O–H groups in total. The number of carbonyl (C=O) groups excluding carboxylic acids is 1. The summed E-state index contributed by atoms with van der Waals surface area (Å²) in [6.45, 7) is 3.85. The van der Waals surface area contributed by atoms with Crippen molar-refractivity contribution in [2.75, 3.05) is 11.1 Å². The first-order valence-corrected chi connectivity index (χ1v) is 7.39. The number of aromatic nitrogens is 2. The third kappa shape index (κ3) is 2.17. The minimum absolute atomic E-state index is 0.178. The van der Waals surface area contributed by atoms with Crippen molar-refractivity contribution < 1.29 is 4.79 Å². The van der Waals surface area contributed by atoms with E-state index < -0.39 is 0 Å². The van der Waals surface area contributed by atoms with Crippen molar-refractivity contribution in [3.8, 4) is 0 Å². The molecule has 1 amide bonds. The van der Waals surface area contributed by atoms with Crippen LogP contribution in [0.2, 0.25) is 0 Å². The highest BCUT2D eigenvalue weighted by Gasteiger charge is 2.21. The Morgan fingerprint density at radius 1 is 1.33 bits per heavy atom. The van der Waals surface area contributed by atoms with Crippen molar-refractivity contribution in [1.29, 1.82) is 0 Å². The smallest absolute Gasteiger partial charge is 0.267 e. The highest BCUT2D eigenvalue weighted by molar-refractivity contribution is 7.21. The van der Waals surface area contributed by atoms with Crippen LogP contribution in [-0.4, -0.2) is 15.7 Å². The Labute approximate surface area is 126 Å².